The first kappa shape index (κ1) is 11.5. The van der Waals surface area contributed by atoms with Gasteiger partial charge < -0.3 is 0 Å². The summed E-state index contributed by atoms with van der Waals surface area (Å²) in [5, 5.41) is 0. The standard InChI is InChI=1S/C8H7NO2.C2H6/c1-6(11)8-4-2-3-7(5-10)9-8;1-2/h2-5H,1H3;1-2H3. The molecule has 0 amide bonds. The van der Waals surface area contributed by atoms with Crippen molar-refractivity contribution in [2.45, 2.75) is 20.8 Å². The van der Waals surface area contributed by atoms with E-state index in [9.17, 15) is 9.59 Å². The average molecular weight is 179 g/mol. The van der Waals surface area contributed by atoms with Crippen LogP contribution in [0.15, 0.2) is 18.2 Å². The Kier molecular flexibility index (Phi) is 5.35. The first-order chi connectivity index (χ1) is 6.24. The van der Waals surface area contributed by atoms with Gasteiger partial charge in [0.2, 0.25) is 0 Å². The Morgan fingerprint density at radius 1 is 1.38 bits per heavy atom. The lowest BCUT2D eigenvalue weighted by Gasteiger charge is -1.93. The topological polar surface area (TPSA) is 47.0 Å². The molecule has 0 unspecified atom stereocenters. The molecule has 0 aromatic carbocycles. The van der Waals surface area contributed by atoms with Crippen LogP contribution in [0, 0.1) is 0 Å². The lowest BCUT2D eigenvalue weighted by atomic mass is 10.2. The van der Waals surface area contributed by atoms with E-state index in [0.717, 1.165) is 0 Å². The summed E-state index contributed by atoms with van der Waals surface area (Å²) in [6, 6.07) is 4.77. The molecule has 1 rings (SSSR count). The molecule has 1 aromatic rings. The summed E-state index contributed by atoms with van der Waals surface area (Å²) in [5.41, 5.74) is 0.618. The third-order valence-corrected chi connectivity index (χ3v) is 1.25. The second-order valence-electron chi connectivity index (χ2n) is 2.12. The molecule has 0 aliphatic rings. The molecule has 3 nitrogen and oxygen atoms in total. The quantitative estimate of drug-likeness (QED) is 0.516. The van der Waals surface area contributed by atoms with Crippen LogP contribution in [0.4, 0.5) is 0 Å². The number of nitrogens with zero attached hydrogens (tertiary/aromatic N) is 1. The fraction of sp³-hybridized carbons (Fsp3) is 0.300. The van der Waals surface area contributed by atoms with Gasteiger partial charge in [0, 0.05) is 6.92 Å². The molecule has 70 valence electrons. The Balaban J connectivity index is 0.000000671. The van der Waals surface area contributed by atoms with Crippen molar-refractivity contribution in [3.63, 3.8) is 0 Å². The van der Waals surface area contributed by atoms with Crippen LogP contribution in [-0.2, 0) is 0 Å². The highest BCUT2D eigenvalue weighted by Crippen LogP contribution is 1.97. The van der Waals surface area contributed by atoms with Crippen LogP contribution >= 0.6 is 0 Å². The number of aldehydes is 1. The second-order valence-corrected chi connectivity index (χ2v) is 2.12. The number of ketones is 1. The summed E-state index contributed by atoms with van der Waals surface area (Å²) in [4.78, 5) is 24.7. The lowest BCUT2D eigenvalue weighted by Crippen LogP contribution is -1.98. The van der Waals surface area contributed by atoms with Crippen molar-refractivity contribution in [2.75, 3.05) is 0 Å². The second kappa shape index (κ2) is 6.06. The maximum Gasteiger partial charge on any atom is 0.178 e. The summed E-state index contributed by atoms with van der Waals surface area (Å²) in [5.74, 6) is -0.131. The summed E-state index contributed by atoms with van der Waals surface area (Å²) < 4.78 is 0. The van der Waals surface area contributed by atoms with E-state index in [1.807, 2.05) is 13.8 Å². The molecule has 0 aliphatic heterocycles. The van der Waals surface area contributed by atoms with Gasteiger partial charge in [-0.3, -0.25) is 9.59 Å². The highest BCUT2D eigenvalue weighted by atomic mass is 16.1. The fourth-order valence-electron chi connectivity index (χ4n) is 0.713. The van der Waals surface area contributed by atoms with Crippen LogP contribution in [0.1, 0.15) is 41.7 Å². The predicted octanol–water partition coefficient (Wildman–Crippen LogP) is 2.12. The van der Waals surface area contributed by atoms with Gasteiger partial charge in [-0.1, -0.05) is 19.9 Å². The number of Topliss-reactive ketones (excluding diaryl/α,β-unsaturated/α-hetero) is 1. The third kappa shape index (κ3) is 3.60. The van der Waals surface area contributed by atoms with Crippen molar-refractivity contribution in [3.8, 4) is 0 Å². The highest BCUT2D eigenvalue weighted by Gasteiger charge is 1.99. The van der Waals surface area contributed by atoms with Crippen LogP contribution in [-0.4, -0.2) is 17.1 Å². The monoisotopic (exact) mass is 179 g/mol. The fourth-order valence-corrected chi connectivity index (χ4v) is 0.713. The van der Waals surface area contributed by atoms with Gasteiger partial charge in [0.25, 0.3) is 0 Å². The first-order valence-electron chi connectivity index (χ1n) is 4.17. The Hall–Kier alpha value is -1.51. The van der Waals surface area contributed by atoms with Gasteiger partial charge in [-0.25, -0.2) is 4.98 Å². The highest BCUT2D eigenvalue weighted by molar-refractivity contribution is 5.92. The number of hydrogen-bond donors (Lipinski definition) is 0. The Labute approximate surface area is 77.8 Å². The molecular weight excluding hydrogens is 166 g/mol. The number of aromatic nitrogens is 1. The molecule has 0 saturated heterocycles. The molecule has 0 N–H and O–H groups in total. The Morgan fingerprint density at radius 2 is 2.00 bits per heavy atom. The van der Waals surface area contributed by atoms with Gasteiger partial charge >= 0.3 is 0 Å². The molecule has 0 spiro atoms. The molecular formula is C10H13NO2. The molecule has 3 heteroatoms. The van der Waals surface area contributed by atoms with Gasteiger partial charge in [0.15, 0.2) is 12.1 Å². The molecule has 1 heterocycles. The van der Waals surface area contributed by atoms with E-state index in [-0.39, 0.29) is 11.5 Å². The predicted molar refractivity (Wildman–Crippen MR) is 51.0 cm³/mol. The van der Waals surface area contributed by atoms with Crippen molar-refractivity contribution >= 4 is 12.1 Å². The van der Waals surface area contributed by atoms with Crippen LogP contribution in [0.5, 0.6) is 0 Å². The summed E-state index contributed by atoms with van der Waals surface area (Å²) in [6.07, 6.45) is 0.617. The molecule has 0 radical (unpaired) electrons. The van der Waals surface area contributed by atoms with Gasteiger partial charge in [-0.15, -0.1) is 0 Å². The zero-order valence-corrected chi connectivity index (χ0v) is 8.07. The SMILES string of the molecule is CC.CC(=O)c1cccc(C=O)n1. The number of hydrogen-bond acceptors (Lipinski definition) is 3. The van der Waals surface area contributed by atoms with E-state index in [2.05, 4.69) is 4.98 Å². The van der Waals surface area contributed by atoms with Gasteiger partial charge in [0.1, 0.15) is 11.4 Å². The summed E-state index contributed by atoms with van der Waals surface area (Å²) in [6.45, 7) is 5.41. The van der Waals surface area contributed by atoms with E-state index < -0.39 is 0 Å². The van der Waals surface area contributed by atoms with E-state index in [1.165, 1.54) is 6.92 Å². The first-order valence-corrected chi connectivity index (χ1v) is 4.17. The van der Waals surface area contributed by atoms with Crippen molar-refractivity contribution in [1.82, 2.24) is 4.98 Å². The largest absolute Gasteiger partial charge is 0.296 e. The molecule has 0 bridgehead atoms. The molecule has 0 fully saturated rings. The third-order valence-electron chi connectivity index (χ3n) is 1.25. The van der Waals surface area contributed by atoms with Crippen molar-refractivity contribution in [1.29, 1.82) is 0 Å². The smallest absolute Gasteiger partial charge is 0.178 e. The van der Waals surface area contributed by atoms with Gasteiger partial charge in [0.05, 0.1) is 0 Å². The zero-order chi connectivity index (χ0) is 10.3. The average Bonchev–Trinajstić information content (AvgIpc) is 2.21. The minimum absolute atomic E-state index is 0.131. The van der Waals surface area contributed by atoms with Crippen LogP contribution < -0.4 is 0 Å². The normalized spacial score (nSPS) is 8.23. The molecule has 1 aromatic heterocycles. The lowest BCUT2D eigenvalue weighted by molar-refractivity contribution is 0.101. The van der Waals surface area contributed by atoms with E-state index in [1.54, 1.807) is 18.2 Å². The minimum atomic E-state index is -0.131. The zero-order valence-electron chi connectivity index (χ0n) is 8.07. The van der Waals surface area contributed by atoms with Gasteiger partial charge in [-0.05, 0) is 12.1 Å². The van der Waals surface area contributed by atoms with Crippen molar-refractivity contribution < 1.29 is 9.59 Å². The van der Waals surface area contributed by atoms with Crippen LogP contribution in [0.25, 0.3) is 0 Å². The van der Waals surface area contributed by atoms with E-state index in [0.29, 0.717) is 12.0 Å². The number of rotatable bonds is 2. The van der Waals surface area contributed by atoms with E-state index >= 15 is 0 Å². The molecule has 0 atom stereocenters. The maximum absolute atomic E-state index is 10.7. The molecule has 13 heavy (non-hydrogen) atoms. The number of carbonyl (C=O) groups is 2. The Morgan fingerprint density at radius 3 is 2.46 bits per heavy atom. The van der Waals surface area contributed by atoms with Crippen molar-refractivity contribution in [2.24, 2.45) is 0 Å². The van der Waals surface area contributed by atoms with E-state index in [4.69, 9.17) is 0 Å². The number of carbonyl (C=O) groups excluding carboxylic acids is 2. The van der Waals surface area contributed by atoms with Crippen molar-refractivity contribution in [3.05, 3.63) is 29.6 Å². The summed E-state index contributed by atoms with van der Waals surface area (Å²) in [7, 11) is 0. The van der Waals surface area contributed by atoms with Gasteiger partial charge in [-0.2, -0.15) is 0 Å². The molecule has 0 saturated carbocycles. The Bertz CT molecular complexity index is 295. The van der Waals surface area contributed by atoms with Crippen LogP contribution in [0.3, 0.4) is 0 Å². The number of pyridine rings is 1. The minimum Gasteiger partial charge on any atom is -0.296 e. The molecule has 0 aliphatic carbocycles. The van der Waals surface area contributed by atoms with Crippen LogP contribution in [0.2, 0.25) is 0 Å². The summed E-state index contributed by atoms with van der Waals surface area (Å²) >= 11 is 0. The maximum atomic E-state index is 10.7.